The van der Waals surface area contributed by atoms with Crippen LogP contribution in [-0.4, -0.2) is 28.8 Å². The fourth-order valence-corrected chi connectivity index (χ4v) is 1.82. The van der Waals surface area contributed by atoms with Gasteiger partial charge in [-0.2, -0.15) is 0 Å². The predicted octanol–water partition coefficient (Wildman–Crippen LogP) is 1.84. The molecule has 22 heavy (non-hydrogen) atoms. The Morgan fingerprint density at radius 3 is 2.50 bits per heavy atom. The van der Waals surface area contributed by atoms with Crippen molar-refractivity contribution in [1.29, 1.82) is 0 Å². The Morgan fingerprint density at radius 1 is 1.27 bits per heavy atom. The SMILES string of the molecule is CCC(=O)CC[C@H](NC(=O)Cc1ccc(F)cc1F)C(=O)O. The smallest absolute Gasteiger partial charge is 0.326 e. The Morgan fingerprint density at radius 2 is 1.95 bits per heavy atom. The number of Topliss-reactive ketones (excluding diaryl/α,β-unsaturated/α-hetero) is 1. The van der Waals surface area contributed by atoms with Crippen LogP contribution in [0.5, 0.6) is 0 Å². The second kappa shape index (κ2) is 8.21. The topological polar surface area (TPSA) is 83.5 Å². The van der Waals surface area contributed by atoms with Gasteiger partial charge in [-0.1, -0.05) is 13.0 Å². The van der Waals surface area contributed by atoms with Crippen molar-refractivity contribution in [1.82, 2.24) is 5.32 Å². The van der Waals surface area contributed by atoms with Crippen molar-refractivity contribution in [2.24, 2.45) is 0 Å². The van der Waals surface area contributed by atoms with Crippen LogP contribution in [0.1, 0.15) is 31.7 Å². The molecule has 7 heteroatoms. The van der Waals surface area contributed by atoms with E-state index in [9.17, 15) is 23.2 Å². The lowest BCUT2D eigenvalue weighted by molar-refractivity contribution is -0.142. The maximum Gasteiger partial charge on any atom is 0.326 e. The van der Waals surface area contributed by atoms with E-state index in [1.165, 1.54) is 0 Å². The zero-order chi connectivity index (χ0) is 16.7. The minimum Gasteiger partial charge on any atom is -0.480 e. The molecule has 0 aliphatic rings. The number of carbonyl (C=O) groups is 3. The Labute approximate surface area is 126 Å². The molecule has 120 valence electrons. The summed E-state index contributed by atoms with van der Waals surface area (Å²) in [6.07, 6.45) is -0.100. The summed E-state index contributed by atoms with van der Waals surface area (Å²) in [4.78, 5) is 34.0. The predicted molar refractivity (Wildman–Crippen MR) is 74.2 cm³/mol. The molecule has 0 aromatic heterocycles. The second-order valence-corrected chi connectivity index (χ2v) is 4.80. The number of carboxylic acids is 1. The number of halogens is 2. The number of carbonyl (C=O) groups excluding carboxylic acids is 2. The van der Waals surface area contributed by atoms with Crippen molar-refractivity contribution in [3.63, 3.8) is 0 Å². The highest BCUT2D eigenvalue weighted by molar-refractivity contribution is 5.85. The van der Waals surface area contributed by atoms with Crippen LogP contribution >= 0.6 is 0 Å². The van der Waals surface area contributed by atoms with Gasteiger partial charge in [0, 0.05) is 18.9 Å². The van der Waals surface area contributed by atoms with Crippen LogP contribution in [0, 0.1) is 11.6 Å². The van der Waals surface area contributed by atoms with E-state index in [1.807, 2.05) is 0 Å². The van der Waals surface area contributed by atoms with Gasteiger partial charge in [-0.05, 0) is 18.1 Å². The lowest BCUT2D eigenvalue weighted by Gasteiger charge is -2.14. The van der Waals surface area contributed by atoms with E-state index >= 15 is 0 Å². The first-order valence-electron chi connectivity index (χ1n) is 6.81. The number of hydrogen-bond acceptors (Lipinski definition) is 3. The molecule has 0 radical (unpaired) electrons. The quantitative estimate of drug-likeness (QED) is 0.767. The number of hydrogen-bond donors (Lipinski definition) is 2. The normalized spacial score (nSPS) is 11.8. The number of benzene rings is 1. The van der Waals surface area contributed by atoms with Gasteiger partial charge in [0.15, 0.2) is 0 Å². The highest BCUT2D eigenvalue weighted by Gasteiger charge is 2.21. The van der Waals surface area contributed by atoms with Crippen LogP contribution in [0.25, 0.3) is 0 Å². The van der Waals surface area contributed by atoms with Crippen molar-refractivity contribution in [2.45, 2.75) is 38.6 Å². The number of aliphatic carboxylic acids is 1. The fraction of sp³-hybridized carbons (Fsp3) is 0.400. The van der Waals surface area contributed by atoms with Gasteiger partial charge in [0.25, 0.3) is 0 Å². The Balaban J connectivity index is 2.63. The highest BCUT2D eigenvalue weighted by Crippen LogP contribution is 2.10. The van der Waals surface area contributed by atoms with Crippen LogP contribution in [0.3, 0.4) is 0 Å². The van der Waals surface area contributed by atoms with E-state index in [2.05, 4.69) is 5.32 Å². The first-order valence-corrected chi connectivity index (χ1v) is 6.81. The van der Waals surface area contributed by atoms with Gasteiger partial charge >= 0.3 is 5.97 Å². The van der Waals surface area contributed by atoms with Crippen LogP contribution < -0.4 is 5.32 Å². The minimum absolute atomic E-state index is 0.0281. The highest BCUT2D eigenvalue weighted by atomic mass is 19.1. The number of ketones is 1. The molecule has 1 aromatic rings. The summed E-state index contributed by atoms with van der Waals surface area (Å²) in [6.45, 7) is 1.66. The molecule has 2 N–H and O–H groups in total. The number of amides is 1. The molecule has 1 aromatic carbocycles. The van der Waals surface area contributed by atoms with Crippen molar-refractivity contribution in [3.05, 3.63) is 35.4 Å². The summed E-state index contributed by atoms with van der Waals surface area (Å²) in [5.74, 6) is -3.71. The van der Waals surface area contributed by atoms with Gasteiger partial charge in [0.05, 0.1) is 6.42 Å². The summed E-state index contributed by atoms with van der Waals surface area (Å²) in [5.41, 5.74) is -0.0346. The molecule has 0 saturated carbocycles. The molecule has 0 spiro atoms. The van der Waals surface area contributed by atoms with Crippen molar-refractivity contribution >= 4 is 17.7 Å². The third-order valence-electron chi connectivity index (χ3n) is 3.11. The summed E-state index contributed by atoms with van der Waals surface area (Å²) in [6, 6.07) is 1.57. The van der Waals surface area contributed by atoms with Crippen LogP contribution in [0.2, 0.25) is 0 Å². The van der Waals surface area contributed by atoms with Crippen LogP contribution in [-0.2, 0) is 20.8 Å². The summed E-state index contributed by atoms with van der Waals surface area (Å²) in [5, 5.41) is 11.3. The lowest BCUT2D eigenvalue weighted by atomic mass is 10.1. The first kappa shape index (κ1) is 17.7. The molecule has 1 rings (SSSR count). The molecular weight excluding hydrogens is 296 g/mol. The monoisotopic (exact) mass is 313 g/mol. The molecule has 0 aliphatic carbocycles. The standard InChI is InChI=1S/C15H17F2NO4/c1-2-11(19)5-6-13(15(21)22)18-14(20)7-9-3-4-10(16)8-12(9)17/h3-4,8,13H,2,5-7H2,1H3,(H,18,20)(H,21,22)/t13-/m0/s1. The van der Waals surface area contributed by atoms with E-state index in [0.29, 0.717) is 12.5 Å². The molecule has 0 aliphatic heterocycles. The van der Waals surface area contributed by atoms with Crippen LogP contribution in [0.15, 0.2) is 18.2 Å². The van der Waals surface area contributed by atoms with Gasteiger partial charge in [0.1, 0.15) is 23.5 Å². The number of carboxylic acid groups (broad SMARTS) is 1. The summed E-state index contributed by atoms with van der Waals surface area (Å²) < 4.78 is 26.2. The maximum absolute atomic E-state index is 13.4. The first-order chi connectivity index (χ1) is 10.3. The van der Waals surface area contributed by atoms with Gasteiger partial charge < -0.3 is 10.4 Å². The number of nitrogens with one attached hydrogen (secondary N) is 1. The Hall–Kier alpha value is -2.31. The average Bonchev–Trinajstić information content (AvgIpc) is 2.45. The zero-order valence-corrected chi connectivity index (χ0v) is 12.1. The average molecular weight is 313 g/mol. The molecule has 0 bridgehead atoms. The van der Waals surface area contributed by atoms with Crippen molar-refractivity contribution < 1.29 is 28.3 Å². The van der Waals surface area contributed by atoms with Crippen molar-refractivity contribution in [3.8, 4) is 0 Å². The van der Waals surface area contributed by atoms with Gasteiger partial charge in [-0.3, -0.25) is 9.59 Å². The molecule has 1 atom stereocenters. The van der Waals surface area contributed by atoms with Gasteiger partial charge in [0.2, 0.25) is 5.91 Å². The van der Waals surface area contributed by atoms with Gasteiger partial charge in [-0.25, -0.2) is 13.6 Å². The van der Waals surface area contributed by atoms with E-state index in [-0.39, 0.29) is 24.2 Å². The third kappa shape index (κ3) is 5.59. The Bertz CT molecular complexity index is 575. The molecule has 5 nitrogen and oxygen atoms in total. The van der Waals surface area contributed by atoms with Crippen LogP contribution in [0.4, 0.5) is 8.78 Å². The zero-order valence-electron chi connectivity index (χ0n) is 12.1. The Kier molecular flexibility index (Phi) is 6.62. The third-order valence-corrected chi connectivity index (χ3v) is 3.11. The van der Waals surface area contributed by atoms with Crippen molar-refractivity contribution in [2.75, 3.05) is 0 Å². The number of rotatable bonds is 8. The fourth-order valence-electron chi connectivity index (χ4n) is 1.82. The largest absolute Gasteiger partial charge is 0.480 e. The molecule has 0 saturated heterocycles. The van der Waals surface area contributed by atoms with E-state index in [1.54, 1.807) is 6.92 Å². The molecule has 0 unspecified atom stereocenters. The molecule has 0 heterocycles. The second-order valence-electron chi connectivity index (χ2n) is 4.80. The van der Waals surface area contributed by atoms with Gasteiger partial charge in [-0.15, -0.1) is 0 Å². The molecule has 0 fully saturated rings. The maximum atomic E-state index is 13.4. The minimum atomic E-state index is -1.27. The molecule has 1 amide bonds. The van der Waals surface area contributed by atoms with E-state index in [0.717, 1.165) is 12.1 Å². The summed E-state index contributed by atoms with van der Waals surface area (Å²) >= 11 is 0. The van der Waals surface area contributed by atoms with E-state index < -0.39 is 36.0 Å². The lowest BCUT2D eigenvalue weighted by Crippen LogP contribution is -2.41. The summed E-state index contributed by atoms with van der Waals surface area (Å²) in [7, 11) is 0. The molecular formula is C15H17F2NO4. The van der Waals surface area contributed by atoms with E-state index in [4.69, 9.17) is 5.11 Å².